The van der Waals surface area contributed by atoms with E-state index in [9.17, 15) is 8.42 Å². The summed E-state index contributed by atoms with van der Waals surface area (Å²) in [6.45, 7) is 0.838. The lowest BCUT2D eigenvalue weighted by Gasteiger charge is -2.15. The summed E-state index contributed by atoms with van der Waals surface area (Å²) in [4.78, 5) is 0.232. The van der Waals surface area contributed by atoms with Crippen molar-refractivity contribution < 1.29 is 8.42 Å². The molecule has 1 aliphatic heterocycles. The minimum atomic E-state index is -3.40. The summed E-state index contributed by atoms with van der Waals surface area (Å²) in [5.41, 5.74) is 0.457. The summed E-state index contributed by atoms with van der Waals surface area (Å²) in [6, 6.07) is 7.90. The zero-order valence-corrected chi connectivity index (χ0v) is 9.31. The quantitative estimate of drug-likeness (QED) is 0.720. The monoisotopic (exact) mass is 234 g/mol. The van der Waals surface area contributed by atoms with Crippen LogP contribution in [0.5, 0.6) is 0 Å². The molecule has 0 amide bonds. The largest absolute Gasteiger partial charge is 0.243 e. The van der Waals surface area contributed by atoms with E-state index in [2.05, 4.69) is 0 Å². The first-order valence-corrected chi connectivity index (χ1v) is 6.24. The highest BCUT2D eigenvalue weighted by atomic mass is 32.2. The van der Waals surface area contributed by atoms with Crippen molar-refractivity contribution in [2.24, 2.45) is 0 Å². The molecule has 0 bridgehead atoms. The van der Waals surface area contributed by atoms with Crippen molar-refractivity contribution in [1.82, 2.24) is 4.31 Å². The van der Waals surface area contributed by atoms with Crippen LogP contribution in [0, 0.1) is 11.3 Å². The highest BCUT2D eigenvalue weighted by Gasteiger charge is 2.24. The van der Waals surface area contributed by atoms with E-state index in [1.165, 1.54) is 28.6 Å². The second-order valence-corrected chi connectivity index (χ2v) is 5.37. The van der Waals surface area contributed by atoms with Gasteiger partial charge < -0.3 is 0 Å². The van der Waals surface area contributed by atoms with E-state index in [-0.39, 0.29) is 4.90 Å². The molecule has 0 unspecified atom stereocenters. The molecule has 16 heavy (non-hydrogen) atoms. The summed E-state index contributed by atoms with van der Waals surface area (Å²) < 4.78 is 25.5. The SMILES string of the molecule is N#Cc1ccc(S(=O)(=O)N2CC=CC2)cc1. The second-order valence-electron chi connectivity index (χ2n) is 3.43. The number of nitrogens with zero attached hydrogens (tertiary/aromatic N) is 2. The van der Waals surface area contributed by atoms with Crippen LogP contribution in [0.2, 0.25) is 0 Å². The van der Waals surface area contributed by atoms with Crippen molar-refractivity contribution in [3.63, 3.8) is 0 Å². The summed E-state index contributed by atoms with van der Waals surface area (Å²) in [5.74, 6) is 0. The number of nitriles is 1. The Labute approximate surface area is 94.5 Å². The zero-order valence-electron chi connectivity index (χ0n) is 8.50. The van der Waals surface area contributed by atoms with Crippen LogP contribution in [0.3, 0.4) is 0 Å². The van der Waals surface area contributed by atoms with E-state index < -0.39 is 10.0 Å². The average molecular weight is 234 g/mol. The van der Waals surface area contributed by atoms with Crippen LogP contribution < -0.4 is 0 Å². The summed E-state index contributed by atoms with van der Waals surface area (Å²) in [7, 11) is -3.40. The molecule has 1 heterocycles. The standard InChI is InChI=1S/C11H10N2O2S/c12-9-10-3-5-11(6-4-10)16(14,15)13-7-1-2-8-13/h1-6H,7-8H2. The van der Waals surface area contributed by atoms with Gasteiger partial charge in [-0.2, -0.15) is 9.57 Å². The molecule has 0 aliphatic carbocycles. The predicted molar refractivity (Wildman–Crippen MR) is 59.1 cm³/mol. The van der Waals surface area contributed by atoms with Crippen molar-refractivity contribution in [3.8, 4) is 6.07 Å². The van der Waals surface area contributed by atoms with Crippen molar-refractivity contribution in [2.45, 2.75) is 4.90 Å². The Balaban J connectivity index is 2.33. The smallest absolute Gasteiger partial charge is 0.207 e. The zero-order chi connectivity index (χ0) is 11.6. The first-order valence-electron chi connectivity index (χ1n) is 4.80. The second kappa shape index (κ2) is 4.08. The van der Waals surface area contributed by atoms with Gasteiger partial charge in [0, 0.05) is 13.1 Å². The predicted octanol–water partition coefficient (Wildman–Crippen LogP) is 1.12. The number of hydrogen-bond acceptors (Lipinski definition) is 3. The van der Waals surface area contributed by atoms with Gasteiger partial charge in [-0.15, -0.1) is 0 Å². The van der Waals surface area contributed by atoms with E-state index in [0.29, 0.717) is 18.7 Å². The van der Waals surface area contributed by atoms with Gasteiger partial charge in [0.05, 0.1) is 16.5 Å². The van der Waals surface area contributed by atoms with Crippen molar-refractivity contribution in [3.05, 3.63) is 42.0 Å². The van der Waals surface area contributed by atoms with Gasteiger partial charge in [0.25, 0.3) is 0 Å². The lowest BCUT2D eigenvalue weighted by molar-refractivity contribution is 0.488. The Hall–Kier alpha value is -1.64. The maximum Gasteiger partial charge on any atom is 0.243 e. The maximum atomic E-state index is 12.0. The fraction of sp³-hybridized carbons (Fsp3) is 0.182. The molecule has 0 N–H and O–H groups in total. The average Bonchev–Trinajstić information content (AvgIpc) is 2.83. The topological polar surface area (TPSA) is 61.2 Å². The van der Waals surface area contributed by atoms with Crippen LogP contribution in [0.4, 0.5) is 0 Å². The Morgan fingerprint density at radius 2 is 1.69 bits per heavy atom. The van der Waals surface area contributed by atoms with Crippen LogP contribution in [0.25, 0.3) is 0 Å². The molecule has 4 nitrogen and oxygen atoms in total. The maximum absolute atomic E-state index is 12.0. The highest BCUT2D eigenvalue weighted by Crippen LogP contribution is 2.18. The lowest BCUT2D eigenvalue weighted by Crippen LogP contribution is -2.28. The summed E-state index contributed by atoms with van der Waals surface area (Å²) in [6.07, 6.45) is 3.64. The number of rotatable bonds is 2. The van der Waals surface area contributed by atoms with Crippen LogP contribution in [0.15, 0.2) is 41.3 Å². The third-order valence-electron chi connectivity index (χ3n) is 2.41. The molecule has 0 radical (unpaired) electrons. The summed E-state index contributed by atoms with van der Waals surface area (Å²) >= 11 is 0. The molecular formula is C11H10N2O2S. The molecule has 82 valence electrons. The van der Waals surface area contributed by atoms with Gasteiger partial charge >= 0.3 is 0 Å². The van der Waals surface area contributed by atoms with Crippen molar-refractivity contribution in [1.29, 1.82) is 5.26 Å². The fourth-order valence-corrected chi connectivity index (χ4v) is 2.85. The molecule has 5 heteroatoms. The van der Waals surface area contributed by atoms with Gasteiger partial charge in [0.2, 0.25) is 10.0 Å². The Bertz CT molecular complexity index is 545. The Morgan fingerprint density at radius 1 is 1.12 bits per heavy atom. The van der Waals surface area contributed by atoms with Crippen LogP contribution in [0.1, 0.15) is 5.56 Å². The molecule has 1 aromatic carbocycles. The molecule has 0 aromatic heterocycles. The van der Waals surface area contributed by atoms with Crippen LogP contribution >= 0.6 is 0 Å². The van der Waals surface area contributed by atoms with E-state index >= 15 is 0 Å². The highest BCUT2D eigenvalue weighted by molar-refractivity contribution is 7.89. The van der Waals surface area contributed by atoms with Gasteiger partial charge in [0.15, 0.2) is 0 Å². The molecular weight excluding hydrogens is 224 g/mol. The summed E-state index contributed by atoms with van der Waals surface area (Å²) in [5, 5.41) is 8.62. The Kier molecular flexibility index (Phi) is 2.77. The normalized spacial score (nSPS) is 16.2. The minimum absolute atomic E-state index is 0.232. The van der Waals surface area contributed by atoms with Crippen molar-refractivity contribution >= 4 is 10.0 Å². The lowest BCUT2D eigenvalue weighted by atomic mass is 10.2. The van der Waals surface area contributed by atoms with E-state index in [1.807, 2.05) is 18.2 Å². The number of hydrogen-bond donors (Lipinski definition) is 0. The van der Waals surface area contributed by atoms with Crippen LogP contribution in [-0.4, -0.2) is 25.8 Å². The van der Waals surface area contributed by atoms with Gasteiger partial charge in [-0.05, 0) is 24.3 Å². The molecule has 0 atom stereocenters. The minimum Gasteiger partial charge on any atom is -0.207 e. The number of sulfonamides is 1. The molecule has 0 spiro atoms. The van der Waals surface area contributed by atoms with Crippen LogP contribution in [-0.2, 0) is 10.0 Å². The van der Waals surface area contributed by atoms with E-state index in [1.54, 1.807) is 0 Å². The van der Waals surface area contributed by atoms with Gasteiger partial charge in [0.1, 0.15) is 0 Å². The first kappa shape index (κ1) is 10.9. The fourth-order valence-electron chi connectivity index (χ4n) is 1.51. The van der Waals surface area contributed by atoms with Gasteiger partial charge in [-0.3, -0.25) is 0 Å². The van der Waals surface area contributed by atoms with E-state index in [0.717, 1.165) is 0 Å². The van der Waals surface area contributed by atoms with Gasteiger partial charge in [-0.25, -0.2) is 8.42 Å². The Morgan fingerprint density at radius 3 is 2.19 bits per heavy atom. The van der Waals surface area contributed by atoms with E-state index in [4.69, 9.17) is 5.26 Å². The molecule has 0 saturated carbocycles. The van der Waals surface area contributed by atoms with Gasteiger partial charge in [-0.1, -0.05) is 12.2 Å². The molecule has 0 saturated heterocycles. The third-order valence-corrected chi connectivity index (χ3v) is 4.25. The first-order chi connectivity index (χ1) is 7.64. The molecule has 2 rings (SSSR count). The number of benzene rings is 1. The van der Waals surface area contributed by atoms with Crippen molar-refractivity contribution in [2.75, 3.05) is 13.1 Å². The molecule has 1 aliphatic rings. The molecule has 1 aromatic rings. The molecule has 0 fully saturated rings. The third kappa shape index (κ3) is 1.85.